The maximum Gasteiger partial charge on any atom is 0.273 e. The monoisotopic (exact) mass is 510 g/mol. The molecule has 0 unspecified atom stereocenters. The molecule has 0 radical (unpaired) electrons. The second-order valence-corrected chi connectivity index (χ2v) is 8.21. The van der Waals surface area contributed by atoms with E-state index in [1.807, 2.05) is 54.6 Å². The van der Waals surface area contributed by atoms with Crippen LogP contribution in [0.5, 0.6) is 11.6 Å². The molecule has 1 amide bonds. The second-order valence-electron chi connectivity index (χ2n) is 7.35. The third-order valence-electron chi connectivity index (χ3n) is 5.32. The van der Waals surface area contributed by atoms with Crippen LogP contribution in [0.3, 0.4) is 0 Å². The van der Waals surface area contributed by atoms with E-state index in [1.165, 1.54) is 7.11 Å². The molecule has 0 aliphatic heterocycles. The number of aliphatic hydroxyl groups excluding tert-OH is 1. The number of amides is 1. The first-order valence-corrected chi connectivity index (χ1v) is 11.1. The van der Waals surface area contributed by atoms with E-state index in [9.17, 15) is 9.90 Å². The van der Waals surface area contributed by atoms with Crippen molar-refractivity contribution < 1.29 is 23.8 Å². The zero-order chi connectivity index (χ0) is 23.4. The standard InChI is InChI=1S/C25H23BrN2O5/c1-31-18-9-7-16(8-10-18)14-28(25(30)20-12-11-19(26)24(27-20)32-2)21(15-29)23-13-17-5-3-4-6-22(17)33-23/h3-13,21,29H,14-15H2,1-2H3/t21-/m1/s1. The van der Waals surface area contributed by atoms with Crippen LogP contribution in [0.1, 0.15) is 27.9 Å². The maximum atomic E-state index is 13.7. The van der Waals surface area contributed by atoms with Crippen molar-refractivity contribution in [3.63, 3.8) is 0 Å². The molecule has 0 saturated heterocycles. The molecule has 8 heteroatoms. The van der Waals surface area contributed by atoms with E-state index < -0.39 is 6.04 Å². The van der Waals surface area contributed by atoms with Crippen molar-refractivity contribution in [1.29, 1.82) is 0 Å². The normalized spacial score (nSPS) is 11.9. The summed E-state index contributed by atoms with van der Waals surface area (Å²) in [7, 11) is 3.09. The minimum atomic E-state index is -0.719. The van der Waals surface area contributed by atoms with Crippen LogP contribution in [0, 0.1) is 0 Å². The Hall–Kier alpha value is -3.36. The molecular formula is C25H23BrN2O5. The molecule has 33 heavy (non-hydrogen) atoms. The van der Waals surface area contributed by atoms with Gasteiger partial charge in [-0.1, -0.05) is 30.3 Å². The molecule has 2 heterocycles. The first-order chi connectivity index (χ1) is 16.0. The highest BCUT2D eigenvalue weighted by molar-refractivity contribution is 9.10. The summed E-state index contributed by atoms with van der Waals surface area (Å²) in [6.07, 6.45) is 0. The van der Waals surface area contributed by atoms with Crippen LogP contribution in [-0.4, -0.2) is 41.7 Å². The second kappa shape index (κ2) is 10.1. The first-order valence-electron chi connectivity index (χ1n) is 10.3. The topological polar surface area (TPSA) is 85.0 Å². The van der Waals surface area contributed by atoms with Gasteiger partial charge in [-0.3, -0.25) is 4.79 Å². The number of carbonyl (C=O) groups is 1. The quantitative estimate of drug-likeness (QED) is 0.359. The van der Waals surface area contributed by atoms with Crippen LogP contribution in [-0.2, 0) is 6.54 Å². The molecule has 1 atom stereocenters. The number of benzene rings is 2. The number of aromatic nitrogens is 1. The number of fused-ring (bicyclic) bond motifs is 1. The van der Waals surface area contributed by atoms with E-state index in [-0.39, 0.29) is 24.8 Å². The van der Waals surface area contributed by atoms with E-state index in [2.05, 4.69) is 20.9 Å². The summed E-state index contributed by atoms with van der Waals surface area (Å²) in [4.78, 5) is 19.5. The van der Waals surface area contributed by atoms with Gasteiger partial charge in [0.25, 0.3) is 5.91 Å². The number of para-hydroxylation sites is 1. The van der Waals surface area contributed by atoms with Gasteiger partial charge in [0.2, 0.25) is 5.88 Å². The zero-order valence-corrected chi connectivity index (χ0v) is 19.8. The fourth-order valence-corrected chi connectivity index (χ4v) is 3.98. The van der Waals surface area contributed by atoms with Gasteiger partial charge >= 0.3 is 0 Å². The van der Waals surface area contributed by atoms with Gasteiger partial charge in [-0.25, -0.2) is 4.98 Å². The Balaban J connectivity index is 1.75. The van der Waals surface area contributed by atoms with E-state index in [4.69, 9.17) is 13.9 Å². The lowest BCUT2D eigenvalue weighted by atomic mass is 10.1. The third kappa shape index (κ3) is 4.86. The van der Waals surface area contributed by atoms with Crippen LogP contribution >= 0.6 is 15.9 Å². The molecule has 7 nitrogen and oxygen atoms in total. The lowest BCUT2D eigenvalue weighted by Gasteiger charge is -2.29. The van der Waals surface area contributed by atoms with Gasteiger partial charge in [0, 0.05) is 11.9 Å². The number of nitrogens with zero attached hydrogens (tertiary/aromatic N) is 2. The molecule has 170 valence electrons. The van der Waals surface area contributed by atoms with E-state index in [0.29, 0.717) is 27.4 Å². The van der Waals surface area contributed by atoms with Gasteiger partial charge in [0.1, 0.15) is 28.8 Å². The van der Waals surface area contributed by atoms with Crippen molar-refractivity contribution in [1.82, 2.24) is 9.88 Å². The highest BCUT2D eigenvalue weighted by Crippen LogP contribution is 2.31. The zero-order valence-electron chi connectivity index (χ0n) is 18.2. The molecule has 4 aromatic rings. The molecule has 0 spiro atoms. The maximum absolute atomic E-state index is 13.7. The summed E-state index contributed by atoms with van der Waals surface area (Å²) >= 11 is 3.36. The minimum Gasteiger partial charge on any atom is -0.497 e. The van der Waals surface area contributed by atoms with Gasteiger partial charge < -0.3 is 23.9 Å². The van der Waals surface area contributed by atoms with Crippen LogP contribution in [0.15, 0.2) is 75.6 Å². The van der Waals surface area contributed by atoms with Crippen molar-refractivity contribution >= 4 is 32.8 Å². The largest absolute Gasteiger partial charge is 0.497 e. The summed E-state index contributed by atoms with van der Waals surface area (Å²) < 4.78 is 17.1. The lowest BCUT2D eigenvalue weighted by molar-refractivity contribution is 0.0525. The lowest BCUT2D eigenvalue weighted by Crippen LogP contribution is -2.36. The fraction of sp³-hybridized carbons (Fsp3) is 0.200. The Bertz CT molecular complexity index is 1220. The van der Waals surface area contributed by atoms with Crippen LogP contribution < -0.4 is 9.47 Å². The Morgan fingerprint density at radius 1 is 1.09 bits per heavy atom. The predicted molar refractivity (Wildman–Crippen MR) is 127 cm³/mol. The first kappa shape index (κ1) is 22.8. The highest BCUT2D eigenvalue weighted by atomic mass is 79.9. The summed E-state index contributed by atoms with van der Waals surface area (Å²) in [6, 6.07) is 19.4. The van der Waals surface area contributed by atoms with Gasteiger partial charge in [0.15, 0.2) is 0 Å². The smallest absolute Gasteiger partial charge is 0.273 e. The average molecular weight is 511 g/mol. The molecule has 0 aliphatic carbocycles. The van der Waals surface area contributed by atoms with E-state index in [0.717, 1.165) is 10.9 Å². The van der Waals surface area contributed by atoms with Crippen molar-refractivity contribution in [2.75, 3.05) is 20.8 Å². The van der Waals surface area contributed by atoms with Crippen molar-refractivity contribution in [3.8, 4) is 11.6 Å². The SMILES string of the molecule is COc1ccc(CN(C(=O)c2ccc(Br)c(OC)n2)[C@H](CO)c2cc3ccccc3o2)cc1. The Kier molecular flexibility index (Phi) is 6.96. The van der Waals surface area contributed by atoms with Gasteiger partial charge in [-0.05, 0) is 57.9 Å². The summed E-state index contributed by atoms with van der Waals surface area (Å²) in [5.41, 5.74) is 1.74. The number of aliphatic hydroxyl groups is 1. The summed E-state index contributed by atoms with van der Waals surface area (Å²) in [6.45, 7) is -0.0967. The Labute approximate surface area is 199 Å². The number of hydrogen-bond acceptors (Lipinski definition) is 6. The number of pyridine rings is 1. The molecular weight excluding hydrogens is 488 g/mol. The number of ether oxygens (including phenoxy) is 2. The van der Waals surface area contributed by atoms with Gasteiger partial charge in [0.05, 0.1) is 25.3 Å². The highest BCUT2D eigenvalue weighted by Gasteiger charge is 2.30. The Morgan fingerprint density at radius 3 is 2.52 bits per heavy atom. The van der Waals surface area contributed by atoms with Crippen molar-refractivity contribution in [2.45, 2.75) is 12.6 Å². The van der Waals surface area contributed by atoms with Gasteiger partial charge in [-0.2, -0.15) is 0 Å². The number of carbonyl (C=O) groups excluding carboxylic acids is 1. The number of rotatable bonds is 8. The Morgan fingerprint density at radius 2 is 1.85 bits per heavy atom. The van der Waals surface area contributed by atoms with Gasteiger partial charge in [-0.15, -0.1) is 0 Å². The van der Waals surface area contributed by atoms with Crippen LogP contribution in [0.4, 0.5) is 0 Å². The minimum absolute atomic E-state index is 0.193. The molecule has 0 saturated carbocycles. The molecule has 4 rings (SSSR count). The molecule has 0 fully saturated rings. The number of hydrogen-bond donors (Lipinski definition) is 1. The van der Waals surface area contributed by atoms with Crippen molar-refractivity contribution in [2.24, 2.45) is 0 Å². The molecule has 2 aromatic heterocycles. The van der Waals surface area contributed by atoms with E-state index >= 15 is 0 Å². The average Bonchev–Trinajstić information content (AvgIpc) is 3.28. The number of methoxy groups -OCH3 is 2. The summed E-state index contributed by atoms with van der Waals surface area (Å²) in [5.74, 6) is 1.14. The predicted octanol–water partition coefficient (Wildman–Crippen LogP) is 4.98. The number of furan rings is 1. The van der Waals surface area contributed by atoms with Crippen LogP contribution in [0.2, 0.25) is 0 Å². The molecule has 1 N–H and O–H groups in total. The van der Waals surface area contributed by atoms with Crippen LogP contribution in [0.25, 0.3) is 11.0 Å². The number of halogens is 1. The molecule has 0 bridgehead atoms. The molecule has 2 aromatic carbocycles. The third-order valence-corrected chi connectivity index (χ3v) is 5.92. The molecule has 0 aliphatic rings. The van der Waals surface area contributed by atoms with Crippen molar-refractivity contribution in [3.05, 3.63) is 88.2 Å². The summed E-state index contributed by atoms with van der Waals surface area (Å²) in [5, 5.41) is 11.2. The fourth-order valence-electron chi connectivity index (χ4n) is 3.59. The van der Waals surface area contributed by atoms with E-state index in [1.54, 1.807) is 24.1 Å².